The monoisotopic (exact) mass is 187 g/mol. The summed E-state index contributed by atoms with van der Waals surface area (Å²) in [5, 5.41) is 8.34. The molecule has 0 heterocycles. The maximum absolute atomic E-state index is 8.34. The standard InChI is InChI=1S/C8H17NSSi/c1-11(2,8-6-10)7-4-3-5-9/h10H,3-4,6-8H2,1-2H3. The topological polar surface area (TPSA) is 23.8 Å². The molecular weight excluding hydrogens is 170 g/mol. The van der Waals surface area contributed by atoms with Gasteiger partial charge in [-0.3, -0.25) is 0 Å². The zero-order chi connectivity index (χ0) is 8.74. The molecule has 0 rings (SSSR count). The Morgan fingerprint density at radius 2 is 2.00 bits per heavy atom. The molecule has 3 heteroatoms. The van der Waals surface area contributed by atoms with E-state index in [9.17, 15) is 0 Å². The van der Waals surface area contributed by atoms with E-state index in [0.717, 1.165) is 18.6 Å². The van der Waals surface area contributed by atoms with Crippen LogP contribution >= 0.6 is 12.6 Å². The molecule has 0 amide bonds. The second-order valence-electron chi connectivity index (χ2n) is 3.65. The van der Waals surface area contributed by atoms with Gasteiger partial charge in [0.15, 0.2) is 0 Å². The second kappa shape index (κ2) is 5.67. The van der Waals surface area contributed by atoms with E-state index in [1.807, 2.05) is 0 Å². The molecule has 1 nitrogen and oxygen atoms in total. The van der Waals surface area contributed by atoms with Crippen LogP contribution < -0.4 is 0 Å². The number of thiol groups is 1. The van der Waals surface area contributed by atoms with E-state index in [2.05, 4.69) is 31.8 Å². The summed E-state index contributed by atoms with van der Waals surface area (Å²) in [6.45, 7) is 4.75. The number of rotatable bonds is 5. The summed E-state index contributed by atoms with van der Waals surface area (Å²) in [6.07, 6.45) is 1.81. The summed E-state index contributed by atoms with van der Waals surface area (Å²) in [5.41, 5.74) is 0. The average Bonchev–Trinajstić information content (AvgIpc) is 1.87. The summed E-state index contributed by atoms with van der Waals surface area (Å²) in [5.74, 6) is 1.01. The van der Waals surface area contributed by atoms with Gasteiger partial charge < -0.3 is 0 Å². The van der Waals surface area contributed by atoms with Crippen molar-refractivity contribution in [2.45, 2.75) is 38.0 Å². The van der Waals surface area contributed by atoms with Gasteiger partial charge in [0.1, 0.15) is 0 Å². The molecule has 0 aromatic carbocycles. The predicted molar refractivity (Wildman–Crippen MR) is 55.8 cm³/mol. The third-order valence-corrected chi connectivity index (χ3v) is 5.89. The van der Waals surface area contributed by atoms with Gasteiger partial charge in [0.25, 0.3) is 0 Å². The Hall–Kier alpha value is 0.0569. The third kappa shape index (κ3) is 6.45. The number of hydrogen-bond acceptors (Lipinski definition) is 2. The first-order valence-electron chi connectivity index (χ1n) is 4.10. The van der Waals surface area contributed by atoms with Crippen molar-refractivity contribution in [3.8, 4) is 6.07 Å². The van der Waals surface area contributed by atoms with Crippen molar-refractivity contribution in [3.63, 3.8) is 0 Å². The zero-order valence-corrected chi connectivity index (χ0v) is 9.32. The molecule has 0 spiro atoms. The third-order valence-electron chi connectivity index (χ3n) is 1.93. The summed E-state index contributed by atoms with van der Waals surface area (Å²) >= 11 is 4.23. The molecule has 0 fully saturated rings. The van der Waals surface area contributed by atoms with Crippen LogP contribution in [-0.4, -0.2) is 13.8 Å². The molecule has 0 saturated carbocycles. The largest absolute Gasteiger partial charge is 0.198 e. The second-order valence-corrected chi connectivity index (χ2v) is 9.43. The van der Waals surface area contributed by atoms with E-state index in [1.165, 1.54) is 12.1 Å². The molecule has 64 valence electrons. The Morgan fingerprint density at radius 3 is 2.45 bits per heavy atom. The van der Waals surface area contributed by atoms with Crippen molar-refractivity contribution < 1.29 is 0 Å². The molecule has 0 unspecified atom stereocenters. The van der Waals surface area contributed by atoms with Gasteiger partial charge in [-0.15, -0.1) is 0 Å². The lowest BCUT2D eigenvalue weighted by Crippen LogP contribution is -2.25. The van der Waals surface area contributed by atoms with Crippen molar-refractivity contribution in [2.24, 2.45) is 0 Å². The van der Waals surface area contributed by atoms with Gasteiger partial charge in [-0.1, -0.05) is 19.1 Å². The highest BCUT2D eigenvalue weighted by molar-refractivity contribution is 7.80. The summed E-state index contributed by atoms with van der Waals surface area (Å²) in [4.78, 5) is 0. The number of nitrogens with zero attached hydrogens (tertiary/aromatic N) is 1. The van der Waals surface area contributed by atoms with Gasteiger partial charge in [-0.2, -0.15) is 17.9 Å². The normalized spacial score (nSPS) is 11.1. The van der Waals surface area contributed by atoms with Crippen molar-refractivity contribution in [1.82, 2.24) is 0 Å². The first-order valence-corrected chi connectivity index (χ1v) is 8.15. The van der Waals surface area contributed by atoms with E-state index >= 15 is 0 Å². The molecule has 0 aromatic rings. The first kappa shape index (κ1) is 11.1. The Kier molecular flexibility index (Phi) is 5.70. The van der Waals surface area contributed by atoms with Crippen LogP contribution in [0.1, 0.15) is 12.8 Å². The fourth-order valence-corrected chi connectivity index (χ4v) is 4.88. The van der Waals surface area contributed by atoms with E-state index in [-0.39, 0.29) is 0 Å². The number of nitriles is 1. The maximum Gasteiger partial charge on any atom is 0.0621 e. The van der Waals surface area contributed by atoms with Crippen molar-refractivity contribution in [2.75, 3.05) is 5.75 Å². The van der Waals surface area contributed by atoms with Gasteiger partial charge >= 0.3 is 0 Å². The van der Waals surface area contributed by atoms with Gasteiger partial charge in [0.2, 0.25) is 0 Å². The Bertz CT molecular complexity index is 140. The zero-order valence-electron chi connectivity index (χ0n) is 7.43. The smallest absolute Gasteiger partial charge is 0.0621 e. The van der Waals surface area contributed by atoms with Crippen LogP contribution in [-0.2, 0) is 0 Å². The highest BCUT2D eigenvalue weighted by Gasteiger charge is 2.18. The van der Waals surface area contributed by atoms with Crippen molar-refractivity contribution >= 4 is 20.7 Å². The lowest BCUT2D eigenvalue weighted by molar-refractivity contribution is 0.937. The minimum absolute atomic E-state index is 0.725. The van der Waals surface area contributed by atoms with Gasteiger partial charge in [-0.05, 0) is 18.2 Å². The van der Waals surface area contributed by atoms with Crippen LogP contribution in [0.25, 0.3) is 0 Å². The molecule has 0 saturated heterocycles. The maximum atomic E-state index is 8.34. The minimum Gasteiger partial charge on any atom is -0.198 e. The minimum atomic E-state index is -0.968. The Balaban J connectivity index is 3.48. The summed E-state index contributed by atoms with van der Waals surface area (Å²) < 4.78 is 0. The fraction of sp³-hybridized carbons (Fsp3) is 0.875. The van der Waals surface area contributed by atoms with Crippen LogP contribution in [0.5, 0.6) is 0 Å². The molecule has 0 bridgehead atoms. The number of unbranched alkanes of at least 4 members (excludes halogenated alkanes) is 1. The van der Waals surface area contributed by atoms with Crippen molar-refractivity contribution in [3.05, 3.63) is 0 Å². The molecule has 0 N–H and O–H groups in total. The predicted octanol–water partition coefficient (Wildman–Crippen LogP) is 2.93. The van der Waals surface area contributed by atoms with Crippen LogP contribution in [0.15, 0.2) is 0 Å². The van der Waals surface area contributed by atoms with Gasteiger partial charge in [0, 0.05) is 14.5 Å². The molecule has 0 aromatic heterocycles. The van der Waals surface area contributed by atoms with E-state index < -0.39 is 8.07 Å². The van der Waals surface area contributed by atoms with E-state index in [4.69, 9.17) is 5.26 Å². The fourth-order valence-electron chi connectivity index (χ4n) is 1.07. The molecular formula is C8H17NSSi. The van der Waals surface area contributed by atoms with Gasteiger partial charge in [-0.25, -0.2) is 0 Å². The van der Waals surface area contributed by atoms with Crippen LogP contribution in [0.2, 0.25) is 25.2 Å². The van der Waals surface area contributed by atoms with E-state index in [1.54, 1.807) is 0 Å². The van der Waals surface area contributed by atoms with Crippen molar-refractivity contribution in [1.29, 1.82) is 5.26 Å². The quantitative estimate of drug-likeness (QED) is 0.399. The highest BCUT2D eigenvalue weighted by Crippen LogP contribution is 2.18. The molecule has 11 heavy (non-hydrogen) atoms. The van der Waals surface area contributed by atoms with Gasteiger partial charge in [0.05, 0.1) is 6.07 Å². The summed E-state index contributed by atoms with van der Waals surface area (Å²) in [7, 11) is -0.968. The van der Waals surface area contributed by atoms with Crippen LogP contribution in [0.4, 0.5) is 0 Å². The number of hydrogen-bond donors (Lipinski definition) is 1. The van der Waals surface area contributed by atoms with Crippen LogP contribution in [0.3, 0.4) is 0 Å². The molecule has 0 atom stereocenters. The average molecular weight is 187 g/mol. The lowest BCUT2D eigenvalue weighted by Gasteiger charge is -2.20. The lowest BCUT2D eigenvalue weighted by atomic mass is 10.4. The van der Waals surface area contributed by atoms with Crippen LogP contribution in [0, 0.1) is 11.3 Å². The van der Waals surface area contributed by atoms with E-state index in [0.29, 0.717) is 0 Å². The highest BCUT2D eigenvalue weighted by atomic mass is 32.1. The molecule has 0 aliphatic rings. The SMILES string of the molecule is C[Si](C)(CCS)CCCC#N. The Morgan fingerprint density at radius 1 is 1.36 bits per heavy atom. The first-order chi connectivity index (χ1) is 5.12. The molecule has 0 aliphatic heterocycles. The Labute approximate surface area is 76.2 Å². The molecule has 0 radical (unpaired) electrons. The molecule has 0 aliphatic carbocycles. The summed E-state index contributed by atoms with van der Waals surface area (Å²) in [6, 6.07) is 4.74.